The van der Waals surface area contributed by atoms with E-state index in [-0.39, 0.29) is 5.91 Å². The third-order valence-corrected chi connectivity index (χ3v) is 5.36. The zero-order valence-electron chi connectivity index (χ0n) is 14.9. The molecule has 2 fully saturated rings. The minimum absolute atomic E-state index is 0.0245. The SMILES string of the molecule is CC(C)c1cc(C(=O)N2CCCC(O)(CN3CCCC3)CC2)n[nH]1. The molecule has 2 aliphatic heterocycles. The highest BCUT2D eigenvalue weighted by Gasteiger charge is 2.34. The highest BCUT2D eigenvalue weighted by atomic mass is 16.3. The van der Waals surface area contributed by atoms with E-state index in [9.17, 15) is 9.90 Å². The Morgan fingerprint density at radius 3 is 2.67 bits per heavy atom. The molecule has 24 heavy (non-hydrogen) atoms. The van der Waals surface area contributed by atoms with Crippen LogP contribution in [0.5, 0.6) is 0 Å². The summed E-state index contributed by atoms with van der Waals surface area (Å²) in [4.78, 5) is 16.9. The highest BCUT2D eigenvalue weighted by molar-refractivity contribution is 5.92. The molecule has 1 aromatic rings. The second-order valence-electron chi connectivity index (χ2n) is 7.72. The Morgan fingerprint density at radius 1 is 1.25 bits per heavy atom. The number of β-amino-alcohol motifs (C(OH)–C–C–N with tert-alkyl or cyclic N) is 1. The van der Waals surface area contributed by atoms with Crippen LogP contribution in [0.25, 0.3) is 0 Å². The van der Waals surface area contributed by atoms with Crippen molar-refractivity contribution in [2.45, 2.75) is 57.5 Å². The van der Waals surface area contributed by atoms with Gasteiger partial charge >= 0.3 is 0 Å². The van der Waals surface area contributed by atoms with Crippen LogP contribution in [0.1, 0.15) is 68.1 Å². The van der Waals surface area contributed by atoms with E-state index >= 15 is 0 Å². The van der Waals surface area contributed by atoms with Crippen molar-refractivity contribution in [1.82, 2.24) is 20.0 Å². The number of rotatable bonds is 4. The largest absolute Gasteiger partial charge is 0.388 e. The lowest BCUT2D eigenvalue weighted by Crippen LogP contribution is -2.43. The van der Waals surface area contributed by atoms with Gasteiger partial charge in [0.05, 0.1) is 5.60 Å². The molecule has 6 heteroatoms. The van der Waals surface area contributed by atoms with Crippen LogP contribution in [0.4, 0.5) is 0 Å². The van der Waals surface area contributed by atoms with Crippen LogP contribution in [0.2, 0.25) is 0 Å². The third-order valence-electron chi connectivity index (χ3n) is 5.36. The first kappa shape index (κ1) is 17.4. The Morgan fingerprint density at radius 2 is 2.00 bits per heavy atom. The van der Waals surface area contributed by atoms with Crippen LogP contribution in [0, 0.1) is 0 Å². The molecule has 1 amide bonds. The number of nitrogens with zero attached hydrogens (tertiary/aromatic N) is 3. The second-order valence-corrected chi connectivity index (χ2v) is 7.72. The molecular weight excluding hydrogens is 304 g/mol. The fraction of sp³-hybridized carbons (Fsp3) is 0.778. The van der Waals surface area contributed by atoms with Crippen LogP contribution in [0.15, 0.2) is 6.07 Å². The van der Waals surface area contributed by atoms with Gasteiger partial charge in [-0.15, -0.1) is 0 Å². The van der Waals surface area contributed by atoms with Gasteiger partial charge in [-0.05, 0) is 57.2 Å². The third kappa shape index (κ3) is 3.98. The summed E-state index contributed by atoms with van der Waals surface area (Å²) in [5, 5.41) is 18.1. The smallest absolute Gasteiger partial charge is 0.274 e. The van der Waals surface area contributed by atoms with Gasteiger partial charge in [-0.2, -0.15) is 5.10 Å². The first-order chi connectivity index (χ1) is 11.5. The lowest BCUT2D eigenvalue weighted by Gasteiger charge is -2.31. The zero-order chi connectivity index (χ0) is 17.2. The maximum Gasteiger partial charge on any atom is 0.274 e. The average molecular weight is 334 g/mol. The molecule has 1 atom stereocenters. The van der Waals surface area contributed by atoms with Gasteiger partial charge in [0.25, 0.3) is 5.91 Å². The molecule has 1 unspecified atom stereocenters. The summed E-state index contributed by atoms with van der Waals surface area (Å²) in [6.07, 6.45) is 4.73. The Kier molecular flexibility index (Phi) is 5.25. The van der Waals surface area contributed by atoms with E-state index in [1.807, 2.05) is 11.0 Å². The molecule has 0 saturated carbocycles. The molecule has 3 heterocycles. The minimum atomic E-state index is -0.659. The van der Waals surface area contributed by atoms with Crippen molar-refractivity contribution >= 4 is 5.91 Å². The Hall–Kier alpha value is -1.40. The van der Waals surface area contributed by atoms with Gasteiger partial charge in [0, 0.05) is 25.3 Å². The zero-order valence-corrected chi connectivity index (χ0v) is 14.9. The van der Waals surface area contributed by atoms with Gasteiger partial charge in [0.2, 0.25) is 0 Å². The number of carbonyl (C=O) groups is 1. The standard InChI is InChI=1S/C18H30N4O2/c1-14(2)15-12-16(20-19-15)17(23)22-10-5-6-18(24,7-11-22)13-21-8-3-4-9-21/h12,14,24H,3-11,13H2,1-2H3,(H,19,20). The van der Waals surface area contributed by atoms with Crippen molar-refractivity contribution in [2.75, 3.05) is 32.7 Å². The highest BCUT2D eigenvalue weighted by Crippen LogP contribution is 2.26. The van der Waals surface area contributed by atoms with E-state index in [4.69, 9.17) is 0 Å². The van der Waals surface area contributed by atoms with Crippen LogP contribution < -0.4 is 0 Å². The van der Waals surface area contributed by atoms with Crippen molar-refractivity contribution < 1.29 is 9.90 Å². The molecule has 0 spiro atoms. The van der Waals surface area contributed by atoms with E-state index in [0.29, 0.717) is 31.1 Å². The van der Waals surface area contributed by atoms with Gasteiger partial charge in [0.15, 0.2) is 0 Å². The molecular formula is C18H30N4O2. The number of nitrogens with one attached hydrogen (secondary N) is 1. The van der Waals surface area contributed by atoms with Crippen molar-refractivity contribution in [3.63, 3.8) is 0 Å². The summed E-state index contributed by atoms with van der Waals surface area (Å²) in [5.41, 5.74) is 0.816. The molecule has 2 aliphatic rings. The second kappa shape index (κ2) is 7.23. The lowest BCUT2D eigenvalue weighted by molar-refractivity contribution is -0.00291. The lowest BCUT2D eigenvalue weighted by atomic mass is 9.94. The van der Waals surface area contributed by atoms with Crippen LogP contribution >= 0.6 is 0 Å². The maximum atomic E-state index is 12.7. The number of aromatic amines is 1. The number of likely N-dealkylation sites (tertiary alicyclic amines) is 2. The molecule has 6 nitrogen and oxygen atoms in total. The van der Waals surface area contributed by atoms with Gasteiger partial charge in [-0.25, -0.2) is 0 Å². The molecule has 0 aromatic carbocycles. The summed E-state index contributed by atoms with van der Waals surface area (Å²) in [7, 11) is 0. The van der Waals surface area contributed by atoms with Gasteiger partial charge in [-0.3, -0.25) is 9.89 Å². The fourth-order valence-corrected chi connectivity index (χ4v) is 3.80. The molecule has 0 radical (unpaired) electrons. The topological polar surface area (TPSA) is 72.5 Å². The summed E-state index contributed by atoms with van der Waals surface area (Å²) in [5.74, 6) is 0.303. The van der Waals surface area contributed by atoms with Crippen molar-refractivity contribution in [3.8, 4) is 0 Å². The van der Waals surface area contributed by atoms with Crippen molar-refractivity contribution in [3.05, 3.63) is 17.5 Å². The van der Waals surface area contributed by atoms with Crippen LogP contribution in [-0.4, -0.2) is 69.3 Å². The van der Waals surface area contributed by atoms with Gasteiger partial charge in [0.1, 0.15) is 5.69 Å². The van der Waals surface area contributed by atoms with Crippen LogP contribution in [-0.2, 0) is 0 Å². The summed E-state index contributed by atoms with van der Waals surface area (Å²) >= 11 is 0. The molecule has 2 N–H and O–H groups in total. The fourth-order valence-electron chi connectivity index (χ4n) is 3.80. The molecule has 0 bridgehead atoms. The summed E-state index contributed by atoms with van der Waals surface area (Å²) < 4.78 is 0. The number of hydrogen-bond donors (Lipinski definition) is 2. The number of aromatic nitrogens is 2. The number of amides is 1. The number of H-pyrrole nitrogens is 1. The minimum Gasteiger partial charge on any atom is -0.388 e. The van der Waals surface area contributed by atoms with E-state index in [0.717, 1.165) is 38.2 Å². The van der Waals surface area contributed by atoms with Gasteiger partial charge < -0.3 is 14.9 Å². The van der Waals surface area contributed by atoms with E-state index in [2.05, 4.69) is 28.9 Å². The predicted molar refractivity (Wildman–Crippen MR) is 93.1 cm³/mol. The van der Waals surface area contributed by atoms with Gasteiger partial charge in [-0.1, -0.05) is 13.8 Å². The first-order valence-corrected chi connectivity index (χ1v) is 9.26. The van der Waals surface area contributed by atoms with E-state index in [1.54, 1.807) is 0 Å². The monoisotopic (exact) mass is 334 g/mol. The Bertz CT molecular complexity index is 565. The Labute approximate surface area is 144 Å². The van der Waals surface area contributed by atoms with Crippen molar-refractivity contribution in [2.24, 2.45) is 0 Å². The van der Waals surface area contributed by atoms with E-state index in [1.165, 1.54) is 12.8 Å². The predicted octanol–water partition coefficient (Wildman–Crippen LogP) is 1.99. The molecule has 2 saturated heterocycles. The normalized spacial score (nSPS) is 26.1. The quantitative estimate of drug-likeness (QED) is 0.883. The van der Waals surface area contributed by atoms with E-state index < -0.39 is 5.60 Å². The average Bonchev–Trinajstić information content (AvgIpc) is 3.18. The van der Waals surface area contributed by atoms with Crippen LogP contribution in [0.3, 0.4) is 0 Å². The molecule has 1 aromatic heterocycles. The first-order valence-electron chi connectivity index (χ1n) is 9.26. The Balaban J connectivity index is 1.60. The molecule has 134 valence electrons. The number of hydrogen-bond acceptors (Lipinski definition) is 4. The maximum absolute atomic E-state index is 12.7. The van der Waals surface area contributed by atoms with Crippen molar-refractivity contribution in [1.29, 1.82) is 0 Å². The molecule has 3 rings (SSSR count). The number of carbonyl (C=O) groups excluding carboxylic acids is 1. The number of aliphatic hydroxyl groups is 1. The molecule has 0 aliphatic carbocycles. The summed E-state index contributed by atoms with van der Waals surface area (Å²) in [6.45, 7) is 8.39. The summed E-state index contributed by atoms with van der Waals surface area (Å²) in [6, 6.07) is 1.86.